The van der Waals surface area contributed by atoms with Crippen molar-refractivity contribution in [3.05, 3.63) is 70.3 Å². The first-order valence-electron chi connectivity index (χ1n) is 12.2. The van der Waals surface area contributed by atoms with Crippen molar-refractivity contribution in [3.63, 3.8) is 0 Å². The zero-order valence-corrected chi connectivity index (χ0v) is 21.3. The van der Waals surface area contributed by atoms with Crippen molar-refractivity contribution in [2.75, 3.05) is 5.75 Å². The van der Waals surface area contributed by atoms with Crippen LogP contribution < -0.4 is 5.32 Å². The lowest BCUT2D eigenvalue weighted by atomic mass is 10.1. The van der Waals surface area contributed by atoms with Crippen molar-refractivity contribution >= 4 is 23.6 Å². The van der Waals surface area contributed by atoms with Crippen molar-refractivity contribution in [1.82, 2.24) is 10.2 Å². The Bertz CT molecular complexity index is 932. The Labute approximate surface area is 203 Å². The second-order valence-electron chi connectivity index (χ2n) is 9.35. The number of nitrogens with one attached hydrogen (secondary N) is 1. The summed E-state index contributed by atoms with van der Waals surface area (Å²) in [4.78, 5) is 28.5. The van der Waals surface area contributed by atoms with Gasteiger partial charge in [-0.05, 0) is 56.7 Å². The monoisotopic (exact) mass is 466 g/mol. The second kappa shape index (κ2) is 12.3. The van der Waals surface area contributed by atoms with E-state index in [1.807, 2.05) is 19.1 Å². The van der Waals surface area contributed by atoms with Crippen molar-refractivity contribution in [3.8, 4) is 0 Å². The first-order valence-corrected chi connectivity index (χ1v) is 13.3. The highest BCUT2D eigenvalue weighted by Gasteiger charge is 2.30. The summed E-state index contributed by atoms with van der Waals surface area (Å²) in [6.45, 7) is 8.73. The van der Waals surface area contributed by atoms with Gasteiger partial charge in [-0.25, -0.2) is 0 Å². The van der Waals surface area contributed by atoms with Gasteiger partial charge in [0.25, 0.3) is 0 Å². The summed E-state index contributed by atoms with van der Waals surface area (Å²) in [5.74, 6) is 1.18. The van der Waals surface area contributed by atoms with Gasteiger partial charge < -0.3 is 10.2 Å². The van der Waals surface area contributed by atoms with Crippen LogP contribution in [0.3, 0.4) is 0 Å². The fourth-order valence-electron chi connectivity index (χ4n) is 4.75. The highest BCUT2D eigenvalue weighted by atomic mass is 32.2. The molecule has 0 aliphatic heterocycles. The van der Waals surface area contributed by atoms with Crippen molar-refractivity contribution in [1.29, 1.82) is 0 Å². The topological polar surface area (TPSA) is 49.4 Å². The fraction of sp³-hybridized carbons (Fsp3) is 0.500. The molecule has 0 heterocycles. The molecule has 0 unspecified atom stereocenters. The maximum Gasteiger partial charge on any atom is 0.243 e. The first kappa shape index (κ1) is 25.4. The summed E-state index contributed by atoms with van der Waals surface area (Å²) >= 11 is 1.62. The van der Waals surface area contributed by atoms with Gasteiger partial charge in [-0.3, -0.25) is 9.59 Å². The minimum Gasteiger partial charge on any atom is -0.352 e. The molecule has 0 radical (unpaired) electrons. The molecule has 33 heavy (non-hydrogen) atoms. The minimum atomic E-state index is -0.445. The normalized spacial score (nSPS) is 14.8. The summed E-state index contributed by atoms with van der Waals surface area (Å²) in [6.07, 6.45) is 5.03. The third-order valence-corrected chi connectivity index (χ3v) is 7.45. The molecule has 3 rings (SSSR count). The maximum atomic E-state index is 13.5. The van der Waals surface area contributed by atoms with Crippen LogP contribution in [0.4, 0.5) is 0 Å². The van der Waals surface area contributed by atoms with E-state index in [9.17, 15) is 9.59 Å². The Morgan fingerprint density at radius 3 is 2.36 bits per heavy atom. The maximum absolute atomic E-state index is 13.5. The Kier molecular flexibility index (Phi) is 9.42. The molecule has 1 saturated carbocycles. The van der Waals surface area contributed by atoms with Gasteiger partial charge in [0.05, 0.1) is 5.75 Å². The first-order chi connectivity index (χ1) is 15.9. The molecule has 1 atom stereocenters. The number of amides is 2. The van der Waals surface area contributed by atoms with E-state index in [2.05, 4.69) is 56.4 Å². The number of hydrogen-bond donors (Lipinski definition) is 1. The van der Waals surface area contributed by atoms with E-state index >= 15 is 0 Å². The molecule has 1 aliphatic carbocycles. The summed E-state index contributed by atoms with van der Waals surface area (Å²) in [6, 6.07) is 14.5. The van der Waals surface area contributed by atoms with Crippen LogP contribution in [-0.4, -0.2) is 34.6 Å². The van der Waals surface area contributed by atoms with Crippen molar-refractivity contribution < 1.29 is 9.59 Å². The molecule has 0 aromatic heterocycles. The molecule has 178 valence electrons. The molecule has 1 N–H and O–H groups in total. The van der Waals surface area contributed by atoms with Gasteiger partial charge in [0.2, 0.25) is 11.8 Å². The van der Waals surface area contributed by atoms with Crippen LogP contribution in [0.2, 0.25) is 0 Å². The highest BCUT2D eigenvalue weighted by molar-refractivity contribution is 7.99. The van der Waals surface area contributed by atoms with Gasteiger partial charge in [0.1, 0.15) is 6.04 Å². The highest BCUT2D eigenvalue weighted by Crippen LogP contribution is 2.22. The van der Waals surface area contributed by atoms with Gasteiger partial charge in [-0.15, -0.1) is 11.8 Å². The number of thioether (sulfide) groups is 1. The Hall–Kier alpha value is -2.27. The molecule has 2 aromatic carbocycles. The van der Waals surface area contributed by atoms with Gasteiger partial charge in [0.15, 0.2) is 0 Å². The summed E-state index contributed by atoms with van der Waals surface area (Å²) < 4.78 is 0. The summed E-state index contributed by atoms with van der Waals surface area (Å²) in [5, 5.41) is 3.22. The van der Waals surface area contributed by atoms with Crippen molar-refractivity contribution in [2.24, 2.45) is 0 Å². The third kappa shape index (κ3) is 7.36. The average Bonchev–Trinajstić information content (AvgIpc) is 3.27. The quantitative estimate of drug-likeness (QED) is 0.488. The zero-order chi connectivity index (χ0) is 23.8. The molecule has 4 nitrogen and oxygen atoms in total. The van der Waals surface area contributed by atoms with Gasteiger partial charge >= 0.3 is 0 Å². The predicted octanol–water partition coefficient (Wildman–Crippen LogP) is 5.71. The molecular formula is C28H38N2O2S. The van der Waals surface area contributed by atoms with Gasteiger partial charge in [-0.1, -0.05) is 73.4 Å². The second-order valence-corrected chi connectivity index (χ2v) is 10.3. The standard InChI is InChI=1S/C28H38N2O2S/c1-5-26(28(32)29-25-12-8-9-13-25)30(17-24-11-7-6-10-22(24)4)27(31)19-33-18-23-15-20(2)14-21(3)16-23/h6-7,10-11,14-16,25-26H,5,8-9,12-13,17-19H2,1-4H3,(H,29,32)/t26-/m0/s1. The lowest BCUT2D eigenvalue weighted by molar-refractivity contribution is -0.139. The number of nitrogens with zero attached hydrogens (tertiary/aromatic N) is 1. The lowest BCUT2D eigenvalue weighted by Crippen LogP contribution is -2.51. The average molecular weight is 467 g/mol. The summed E-state index contributed by atoms with van der Waals surface area (Å²) in [5.41, 5.74) is 5.96. The number of aryl methyl sites for hydroxylation is 3. The van der Waals surface area contributed by atoms with E-state index in [0.717, 1.165) is 29.7 Å². The number of hydrogen-bond acceptors (Lipinski definition) is 3. The molecule has 2 amide bonds. The zero-order valence-electron chi connectivity index (χ0n) is 20.5. The smallest absolute Gasteiger partial charge is 0.243 e. The van der Waals surface area contributed by atoms with E-state index in [0.29, 0.717) is 18.7 Å². The van der Waals surface area contributed by atoms with E-state index in [-0.39, 0.29) is 17.9 Å². The number of rotatable bonds is 10. The van der Waals surface area contributed by atoms with Crippen LogP contribution in [0, 0.1) is 20.8 Å². The lowest BCUT2D eigenvalue weighted by Gasteiger charge is -2.32. The molecule has 1 aliphatic rings. The summed E-state index contributed by atoms with van der Waals surface area (Å²) in [7, 11) is 0. The van der Waals surface area contributed by atoms with Crippen LogP contribution in [-0.2, 0) is 21.9 Å². The molecule has 0 saturated heterocycles. The van der Waals surface area contributed by atoms with Crippen LogP contribution >= 0.6 is 11.8 Å². The van der Waals surface area contributed by atoms with Gasteiger partial charge in [0, 0.05) is 18.3 Å². The van der Waals surface area contributed by atoms with Crippen LogP contribution in [0.5, 0.6) is 0 Å². The molecular weight excluding hydrogens is 428 g/mol. The number of benzene rings is 2. The predicted molar refractivity (Wildman–Crippen MR) is 138 cm³/mol. The van der Waals surface area contributed by atoms with Crippen LogP contribution in [0.1, 0.15) is 66.8 Å². The van der Waals surface area contributed by atoms with Crippen LogP contribution in [0.25, 0.3) is 0 Å². The van der Waals surface area contributed by atoms with Crippen molar-refractivity contribution in [2.45, 2.75) is 84.2 Å². The molecule has 0 spiro atoms. The van der Waals surface area contributed by atoms with Crippen LogP contribution in [0.15, 0.2) is 42.5 Å². The molecule has 0 bridgehead atoms. The van der Waals surface area contributed by atoms with E-state index < -0.39 is 6.04 Å². The molecule has 5 heteroatoms. The Morgan fingerprint density at radius 2 is 1.73 bits per heavy atom. The minimum absolute atomic E-state index is 0.00866. The van der Waals surface area contributed by atoms with E-state index in [1.54, 1.807) is 16.7 Å². The Balaban J connectivity index is 1.72. The third-order valence-electron chi connectivity index (χ3n) is 6.47. The fourth-order valence-corrected chi connectivity index (χ4v) is 5.59. The van der Waals surface area contributed by atoms with Gasteiger partial charge in [-0.2, -0.15) is 0 Å². The van der Waals surface area contributed by atoms with E-state index in [1.165, 1.54) is 29.5 Å². The number of carbonyl (C=O) groups excluding carboxylic acids is 2. The Morgan fingerprint density at radius 1 is 1.06 bits per heavy atom. The largest absolute Gasteiger partial charge is 0.352 e. The number of carbonyl (C=O) groups is 2. The molecule has 2 aromatic rings. The SMILES string of the molecule is CC[C@@H](C(=O)NC1CCCC1)N(Cc1ccccc1C)C(=O)CSCc1cc(C)cc(C)c1. The molecule has 1 fully saturated rings. The van der Waals surface area contributed by atoms with E-state index in [4.69, 9.17) is 0 Å².